The molecule has 1 unspecified atom stereocenters. The molecule has 1 spiro atoms. The smallest absolute Gasteiger partial charge is 0.230 e. The van der Waals surface area contributed by atoms with Gasteiger partial charge in [0.2, 0.25) is 11.8 Å². The van der Waals surface area contributed by atoms with Crippen molar-refractivity contribution < 1.29 is 9.59 Å². The summed E-state index contributed by atoms with van der Waals surface area (Å²) in [5, 5.41) is 6.70. The van der Waals surface area contributed by atoms with E-state index in [2.05, 4.69) is 17.1 Å². The number of likely N-dealkylation sites (tertiary alicyclic amines) is 2. The highest BCUT2D eigenvalue weighted by Gasteiger charge is 2.51. The van der Waals surface area contributed by atoms with Gasteiger partial charge in [-0.05, 0) is 37.7 Å². The van der Waals surface area contributed by atoms with Crippen LogP contribution in [-0.2, 0) is 16.0 Å². The quantitative estimate of drug-likeness (QED) is 0.866. The van der Waals surface area contributed by atoms with Crippen molar-refractivity contribution in [2.45, 2.75) is 45.4 Å². The van der Waals surface area contributed by atoms with E-state index in [4.69, 9.17) is 0 Å². The van der Waals surface area contributed by atoms with Crippen LogP contribution in [0.3, 0.4) is 0 Å². The Morgan fingerprint density at radius 3 is 2.96 bits per heavy atom. The predicted molar refractivity (Wildman–Crippen MR) is 86.6 cm³/mol. The molecule has 2 fully saturated rings. The van der Waals surface area contributed by atoms with Gasteiger partial charge in [0.25, 0.3) is 0 Å². The second-order valence-corrected chi connectivity index (χ2v) is 6.85. The van der Waals surface area contributed by atoms with Gasteiger partial charge in [0.1, 0.15) is 0 Å². The lowest BCUT2D eigenvalue weighted by Gasteiger charge is -2.23. The molecule has 0 saturated carbocycles. The lowest BCUT2D eigenvalue weighted by atomic mass is 9.85. The number of aryl methyl sites for hydroxylation is 1. The zero-order chi connectivity index (χ0) is 16.3. The van der Waals surface area contributed by atoms with Gasteiger partial charge in [0.15, 0.2) is 0 Å². The van der Waals surface area contributed by atoms with E-state index in [9.17, 15) is 9.59 Å². The standard InChI is InChI=1S/C17H26N4O2/c1-2-8-20-9-6-17(16(20)23)7-10-21(13-17)15(22)5-3-4-14-11-18-19-12-14/h11-12H,2-10,13H2,1H3,(H,18,19). The molecule has 6 heteroatoms. The molecule has 0 aromatic carbocycles. The molecule has 2 saturated heterocycles. The predicted octanol–water partition coefficient (Wildman–Crippen LogP) is 1.59. The van der Waals surface area contributed by atoms with Gasteiger partial charge in [0, 0.05) is 38.8 Å². The first-order chi connectivity index (χ1) is 11.1. The van der Waals surface area contributed by atoms with Crippen LogP contribution in [0.5, 0.6) is 0 Å². The molecule has 23 heavy (non-hydrogen) atoms. The number of carbonyl (C=O) groups excluding carboxylic acids is 2. The third-order valence-corrected chi connectivity index (χ3v) is 5.21. The Morgan fingerprint density at radius 1 is 1.39 bits per heavy atom. The molecule has 0 radical (unpaired) electrons. The average Bonchev–Trinajstić information content (AvgIpc) is 3.26. The number of aromatic nitrogens is 2. The average molecular weight is 318 g/mol. The molecule has 3 rings (SSSR count). The summed E-state index contributed by atoms with van der Waals surface area (Å²) in [6, 6.07) is 0. The van der Waals surface area contributed by atoms with Crippen LogP contribution in [0, 0.1) is 5.41 Å². The highest BCUT2D eigenvalue weighted by molar-refractivity contribution is 5.87. The van der Waals surface area contributed by atoms with Crippen molar-refractivity contribution in [3.63, 3.8) is 0 Å². The number of nitrogens with zero attached hydrogens (tertiary/aromatic N) is 3. The minimum Gasteiger partial charge on any atom is -0.342 e. The molecule has 6 nitrogen and oxygen atoms in total. The fourth-order valence-electron chi connectivity index (χ4n) is 3.86. The van der Waals surface area contributed by atoms with E-state index in [0.717, 1.165) is 57.3 Å². The lowest BCUT2D eigenvalue weighted by molar-refractivity contribution is -0.136. The Labute approximate surface area is 137 Å². The molecule has 2 aliphatic heterocycles. The zero-order valence-corrected chi connectivity index (χ0v) is 13.9. The zero-order valence-electron chi connectivity index (χ0n) is 13.9. The third-order valence-electron chi connectivity index (χ3n) is 5.21. The van der Waals surface area contributed by atoms with Crippen molar-refractivity contribution in [1.82, 2.24) is 20.0 Å². The minimum absolute atomic E-state index is 0.187. The van der Waals surface area contributed by atoms with E-state index >= 15 is 0 Å². The molecule has 3 heterocycles. The molecule has 1 N–H and O–H groups in total. The van der Waals surface area contributed by atoms with Crippen molar-refractivity contribution in [2.75, 3.05) is 26.2 Å². The summed E-state index contributed by atoms with van der Waals surface area (Å²) in [6.07, 6.45) is 8.66. The van der Waals surface area contributed by atoms with E-state index in [1.54, 1.807) is 6.20 Å². The van der Waals surface area contributed by atoms with E-state index in [1.807, 2.05) is 16.0 Å². The molecule has 2 aliphatic rings. The lowest BCUT2D eigenvalue weighted by Crippen LogP contribution is -2.38. The number of amides is 2. The number of hydrogen-bond acceptors (Lipinski definition) is 3. The van der Waals surface area contributed by atoms with E-state index < -0.39 is 0 Å². The summed E-state index contributed by atoms with van der Waals surface area (Å²) in [5.41, 5.74) is 0.854. The van der Waals surface area contributed by atoms with Gasteiger partial charge in [-0.15, -0.1) is 0 Å². The number of hydrogen-bond donors (Lipinski definition) is 1. The number of rotatable bonds is 6. The maximum atomic E-state index is 12.6. The second-order valence-electron chi connectivity index (χ2n) is 6.85. The van der Waals surface area contributed by atoms with E-state index in [-0.39, 0.29) is 17.2 Å². The summed E-state index contributed by atoms with van der Waals surface area (Å²) < 4.78 is 0. The first-order valence-corrected chi connectivity index (χ1v) is 8.69. The summed E-state index contributed by atoms with van der Waals surface area (Å²) >= 11 is 0. The number of H-pyrrole nitrogens is 1. The van der Waals surface area contributed by atoms with E-state index in [0.29, 0.717) is 13.0 Å². The van der Waals surface area contributed by atoms with Gasteiger partial charge in [-0.25, -0.2) is 0 Å². The summed E-state index contributed by atoms with van der Waals surface area (Å²) in [6.45, 7) is 5.16. The van der Waals surface area contributed by atoms with Crippen LogP contribution in [0.1, 0.15) is 44.6 Å². The van der Waals surface area contributed by atoms with Gasteiger partial charge in [-0.2, -0.15) is 5.10 Å². The van der Waals surface area contributed by atoms with Crippen molar-refractivity contribution in [2.24, 2.45) is 5.41 Å². The Hall–Kier alpha value is -1.85. The van der Waals surface area contributed by atoms with Crippen LogP contribution >= 0.6 is 0 Å². The topological polar surface area (TPSA) is 69.3 Å². The van der Waals surface area contributed by atoms with Crippen LogP contribution < -0.4 is 0 Å². The second kappa shape index (κ2) is 6.72. The van der Waals surface area contributed by atoms with Gasteiger partial charge in [-0.3, -0.25) is 14.7 Å². The molecule has 1 aromatic heterocycles. The minimum atomic E-state index is -0.282. The molecule has 1 aromatic rings. The van der Waals surface area contributed by atoms with E-state index in [1.165, 1.54) is 0 Å². The first kappa shape index (κ1) is 16.0. The van der Waals surface area contributed by atoms with Gasteiger partial charge < -0.3 is 9.80 Å². The van der Waals surface area contributed by atoms with Crippen molar-refractivity contribution in [3.05, 3.63) is 18.0 Å². The van der Waals surface area contributed by atoms with Crippen LogP contribution in [-0.4, -0.2) is 58.0 Å². The Balaban J connectivity index is 1.49. The van der Waals surface area contributed by atoms with Crippen LogP contribution in [0.25, 0.3) is 0 Å². The van der Waals surface area contributed by atoms with Crippen LogP contribution in [0.4, 0.5) is 0 Å². The SMILES string of the molecule is CCCN1CCC2(CCN(C(=O)CCCc3cn[nH]c3)C2)C1=O. The van der Waals surface area contributed by atoms with Crippen molar-refractivity contribution >= 4 is 11.8 Å². The Bertz CT molecular complexity index is 557. The largest absolute Gasteiger partial charge is 0.342 e. The molecule has 2 amide bonds. The number of aromatic amines is 1. The fourth-order valence-corrected chi connectivity index (χ4v) is 3.86. The number of nitrogens with one attached hydrogen (secondary N) is 1. The Kier molecular flexibility index (Phi) is 4.68. The normalized spacial score (nSPS) is 24.1. The molecule has 126 valence electrons. The maximum Gasteiger partial charge on any atom is 0.230 e. The molecule has 0 aliphatic carbocycles. The van der Waals surface area contributed by atoms with Gasteiger partial charge in [0.05, 0.1) is 11.6 Å². The molecular weight excluding hydrogens is 292 g/mol. The van der Waals surface area contributed by atoms with Crippen LogP contribution in [0.2, 0.25) is 0 Å². The maximum absolute atomic E-state index is 12.6. The Morgan fingerprint density at radius 2 is 2.22 bits per heavy atom. The van der Waals surface area contributed by atoms with Crippen LogP contribution in [0.15, 0.2) is 12.4 Å². The summed E-state index contributed by atoms with van der Waals surface area (Å²) in [7, 11) is 0. The highest BCUT2D eigenvalue weighted by Crippen LogP contribution is 2.40. The van der Waals surface area contributed by atoms with Crippen molar-refractivity contribution in [1.29, 1.82) is 0 Å². The number of carbonyl (C=O) groups is 2. The first-order valence-electron chi connectivity index (χ1n) is 8.69. The van der Waals surface area contributed by atoms with Gasteiger partial charge >= 0.3 is 0 Å². The van der Waals surface area contributed by atoms with Crippen molar-refractivity contribution in [3.8, 4) is 0 Å². The molecule has 1 atom stereocenters. The highest BCUT2D eigenvalue weighted by atomic mass is 16.2. The van der Waals surface area contributed by atoms with Gasteiger partial charge in [-0.1, -0.05) is 6.92 Å². The third kappa shape index (κ3) is 3.26. The molecular formula is C17H26N4O2. The summed E-state index contributed by atoms with van der Waals surface area (Å²) in [4.78, 5) is 28.9. The fraction of sp³-hybridized carbons (Fsp3) is 0.706. The summed E-state index contributed by atoms with van der Waals surface area (Å²) in [5.74, 6) is 0.458. The monoisotopic (exact) mass is 318 g/mol. The molecule has 0 bridgehead atoms.